The zero-order valence-corrected chi connectivity index (χ0v) is 18.7. The van der Waals surface area contributed by atoms with Crippen LogP contribution in [0.25, 0.3) is 0 Å². The lowest BCUT2D eigenvalue weighted by Crippen LogP contribution is -2.53. The van der Waals surface area contributed by atoms with Crippen LogP contribution in [0.1, 0.15) is 26.2 Å². The van der Waals surface area contributed by atoms with Gasteiger partial charge in [-0.2, -0.15) is 4.31 Å². The number of nitrogens with zero attached hydrogens (tertiary/aromatic N) is 4. The summed E-state index contributed by atoms with van der Waals surface area (Å²) in [6.45, 7) is 7.47. The maximum Gasteiger partial charge on any atom is 0.244 e. The summed E-state index contributed by atoms with van der Waals surface area (Å²) in [5, 5.41) is 0. The van der Waals surface area contributed by atoms with Crippen LogP contribution in [0.3, 0.4) is 0 Å². The van der Waals surface area contributed by atoms with E-state index in [4.69, 9.17) is 4.74 Å². The molecule has 30 heavy (non-hydrogen) atoms. The second kappa shape index (κ2) is 8.18. The molecule has 0 aliphatic carbocycles. The Bertz CT molecular complexity index is 870. The smallest absolute Gasteiger partial charge is 0.244 e. The molecular weight excluding hydrogens is 404 g/mol. The van der Waals surface area contributed by atoms with Gasteiger partial charge < -0.3 is 9.64 Å². The molecule has 4 rings (SSSR count). The molecular formula is C21H32N4O4S. The molecule has 3 aliphatic rings. The quantitative estimate of drug-likeness (QED) is 0.663. The van der Waals surface area contributed by atoms with Crippen molar-refractivity contribution < 1.29 is 17.9 Å². The number of likely N-dealkylation sites (tertiary alicyclic amines) is 2. The first-order valence-corrected chi connectivity index (χ1v) is 12.2. The van der Waals surface area contributed by atoms with Crippen molar-refractivity contribution in [1.82, 2.24) is 19.1 Å². The monoisotopic (exact) mass is 436 g/mol. The average Bonchev–Trinajstić information content (AvgIpc) is 3.25. The highest BCUT2D eigenvalue weighted by molar-refractivity contribution is 7.89. The second-order valence-electron chi connectivity index (χ2n) is 8.79. The highest BCUT2D eigenvalue weighted by Gasteiger charge is 2.65. The van der Waals surface area contributed by atoms with Crippen molar-refractivity contribution in [2.75, 3.05) is 59.5 Å². The van der Waals surface area contributed by atoms with Gasteiger partial charge in [-0.1, -0.05) is 0 Å². The average molecular weight is 437 g/mol. The number of fused-ring (bicyclic) bond motifs is 1. The molecule has 0 N–H and O–H groups in total. The molecule has 0 saturated carbocycles. The van der Waals surface area contributed by atoms with Crippen molar-refractivity contribution in [3.05, 3.63) is 24.5 Å². The number of piperidine rings is 1. The van der Waals surface area contributed by atoms with Crippen molar-refractivity contribution in [3.8, 4) is 0 Å². The minimum atomic E-state index is -3.56. The van der Waals surface area contributed by atoms with E-state index in [9.17, 15) is 13.2 Å². The van der Waals surface area contributed by atoms with E-state index in [-0.39, 0.29) is 16.2 Å². The predicted molar refractivity (Wildman–Crippen MR) is 112 cm³/mol. The number of aromatic nitrogens is 1. The van der Waals surface area contributed by atoms with Gasteiger partial charge in [0.2, 0.25) is 15.9 Å². The molecule has 0 radical (unpaired) electrons. The third-order valence-corrected chi connectivity index (χ3v) is 9.37. The molecule has 0 unspecified atom stereocenters. The Morgan fingerprint density at radius 1 is 1.17 bits per heavy atom. The Labute approximate surface area is 179 Å². The minimum Gasteiger partial charge on any atom is -0.383 e. The highest BCUT2D eigenvalue weighted by Crippen LogP contribution is 2.58. The number of sulfonamides is 1. The molecule has 1 aromatic heterocycles. The third kappa shape index (κ3) is 3.36. The Morgan fingerprint density at radius 2 is 1.93 bits per heavy atom. The van der Waals surface area contributed by atoms with Crippen LogP contribution in [0.15, 0.2) is 29.4 Å². The number of amides is 1. The van der Waals surface area contributed by atoms with Gasteiger partial charge in [0.25, 0.3) is 0 Å². The van der Waals surface area contributed by atoms with Gasteiger partial charge in [0.15, 0.2) is 0 Å². The van der Waals surface area contributed by atoms with Crippen LogP contribution in [-0.4, -0.2) is 92.9 Å². The van der Waals surface area contributed by atoms with Crippen LogP contribution in [-0.2, 0) is 19.6 Å². The largest absolute Gasteiger partial charge is 0.383 e. The van der Waals surface area contributed by atoms with Crippen molar-refractivity contribution >= 4 is 15.9 Å². The number of methoxy groups -OCH3 is 1. The van der Waals surface area contributed by atoms with Crippen LogP contribution in [0, 0.1) is 10.8 Å². The molecule has 0 aromatic carbocycles. The van der Waals surface area contributed by atoms with Crippen LogP contribution < -0.4 is 0 Å². The fraction of sp³-hybridized carbons (Fsp3) is 0.714. The second-order valence-corrected chi connectivity index (χ2v) is 10.7. The summed E-state index contributed by atoms with van der Waals surface area (Å²) in [6.07, 6.45) is 5.26. The fourth-order valence-corrected chi connectivity index (χ4v) is 7.19. The van der Waals surface area contributed by atoms with Gasteiger partial charge in [0, 0.05) is 70.7 Å². The fourth-order valence-electron chi connectivity index (χ4n) is 5.78. The van der Waals surface area contributed by atoms with Crippen LogP contribution in [0.2, 0.25) is 0 Å². The summed E-state index contributed by atoms with van der Waals surface area (Å²) < 4.78 is 33.0. The zero-order valence-electron chi connectivity index (χ0n) is 17.9. The van der Waals surface area contributed by atoms with Gasteiger partial charge in [-0.3, -0.25) is 14.7 Å². The molecule has 3 fully saturated rings. The normalized spacial score (nSPS) is 27.5. The maximum absolute atomic E-state index is 13.5. The number of ether oxygens (including phenoxy) is 1. The van der Waals surface area contributed by atoms with E-state index >= 15 is 0 Å². The zero-order chi connectivity index (χ0) is 21.4. The van der Waals surface area contributed by atoms with Gasteiger partial charge >= 0.3 is 0 Å². The number of carbonyl (C=O) groups excluding carboxylic acids is 1. The van der Waals surface area contributed by atoms with Crippen LogP contribution in [0.4, 0.5) is 0 Å². The van der Waals surface area contributed by atoms with E-state index in [0.29, 0.717) is 32.5 Å². The van der Waals surface area contributed by atoms with E-state index in [1.165, 1.54) is 6.20 Å². The molecule has 3 saturated heterocycles. The summed E-state index contributed by atoms with van der Waals surface area (Å²) in [5.74, 6) is 0.258. The topological polar surface area (TPSA) is 83.1 Å². The lowest BCUT2D eigenvalue weighted by molar-refractivity contribution is -0.141. The van der Waals surface area contributed by atoms with Gasteiger partial charge in [0.1, 0.15) is 4.90 Å². The number of carbonyl (C=O) groups is 1. The van der Waals surface area contributed by atoms with E-state index < -0.39 is 15.4 Å². The Kier molecular flexibility index (Phi) is 5.91. The first kappa shape index (κ1) is 21.7. The summed E-state index contributed by atoms with van der Waals surface area (Å²) >= 11 is 0. The summed E-state index contributed by atoms with van der Waals surface area (Å²) in [6, 6.07) is 3.24. The first-order chi connectivity index (χ1) is 14.4. The highest BCUT2D eigenvalue weighted by atomic mass is 32.2. The lowest BCUT2D eigenvalue weighted by Gasteiger charge is -2.46. The van der Waals surface area contributed by atoms with Crippen molar-refractivity contribution in [1.29, 1.82) is 0 Å². The number of rotatable bonds is 6. The van der Waals surface area contributed by atoms with E-state index in [2.05, 4.69) is 9.88 Å². The number of hydrogen-bond acceptors (Lipinski definition) is 6. The molecule has 1 atom stereocenters. The predicted octanol–water partition coefficient (Wildman–Crippen LogP) is 1.05. The molecule has 2 spiro atoms. The standard InChI is InChI=1S/C21H32N4O4S/c1-3-24-10-8-21(19(24)26)17-23(13-14-29-2)16-20(21)6-11-25(12-7-20)30(27,28)18-5-4-9-22-15-18/h4-5,9,15H,3,6-8,10-14,16-17H2,1-2H3/t21-/m1/s1. The SMILES string of the molecule is CCN1CC[C@@]2(CN(CCOC)CC23CCN(S(=O)(=O)c2cccnc2)CC3)C1=O. The third-order valence-electron chi connectivity index (χ3n) is 7.49. The lowest BCUT2D eigenvalue weighted by atomic mass is 9.60. The van der Waals surface area contributed by atoms with Crippen molar-refractivity contribution in [3.63, 3.8) is 0 Å². The van der Waals surface area contributed by atoms with Gasteiger partial charge in [0.05, 0.1) is 12.0 Å². The van der Waals surface area contributed by atoms with Gasteiger partial charge in [-0.05, 0) is 38.3 Å². The van der Waals surface area contributed by atoms with Crippen LogP contribution in [0.5, 0.6) is 0 Å². The summed E-state index contributed by atoms with van der Waals surface area (Å²) in [5.41, 5.74) is -0.580. The van der Waals surface area contributed by atoms with Gasteiger partial charge in [-0.25, -0.2) is 8.42 Å². The minimum absolute atomic E-state index is 0.178. The number of hydrogen-bond donors (Lipinski definition) is 0. The number of pyridine rings is 1. The molecule has 9 heteroatoms. The molecule has 1 aromatic rings. The molecule has 0 bridgehead atoms. The van der Waals surface area contributed by atoms with E-state index in [1.54, 1.807) is 29.7 Å². The molecule has 3 aliphatic heterocycles. The molecule has 4 heterocycles. The Hall–Kier alpha value is -1.55. The summed E-state index contributed by atoms with van der Waals surface area (Å²) in [7, 11) is -1.86. The molecule has 1 amide bonds. The van der Waals surface area contributed by atoms with Gasteiger partial charge in [-0.15, -0.1) is 0 Å². The molecule has 8 nitrogen and oxygen atoms in total. The van der Waals surface area contributed by atoms with E-state index in [1.807, 2.05) is 11.8 Å². The molecule has 166 valence electrons. The van der Waals surface area contributed by atoms with Crippen molar-refractivity contribution in [2.24, 2.45) is 10.8 Å². The Morgan fingerprint density at radius 3 is 2.53 bits per heavy atom. The van der Waals surface area contributed by atoms with Crippen molar-refractivity contribution in [2.45, 2.75) is 31.1 Å². The Balaban J connectivity index is 1.57. The van der Waals surface area contributed by atoms with E-state index in [0.717, 1.165) is 39.1 Å². The van der Waals surface area contributed by atoms with Crippen LogP contribution >= 0.6 is 0 Å². The summed E-state index contributed by atoms with van der Waals surface area (Å²) in [4.78, 5) is 22.0. The maximum atomic E-state index is 13.5. The first-order valence-electron chi connectivity index (χ1n) is 10.8.